The van der Waals surface area contributed by atoms with Crippen LogP contribution >= 0.6 is 0 Å². The van der Waals surface area contributed by atoms with Gasteiger partial charge in [0.1, 0.15) is 5.75 Å². The summed E-state index contributed by atoms with van der Waals surface area (Å²) >= 11 is 0. The molecule has 0 heterocycles. The molecule has 0 N–H and O–H groups in total. The maximum atomic E-state index is 5.41. The minimum absolute atomic E-state index is 0.742. The van der Waals surface area contributed by atoms with Crippen LogP contribution in [0.15, 0.2) is 42.5 Å². The van der Waals surface area contributed by atoms with Gasteiger partial charge in [-0.3, -0.25) is 0 Å². The minimum Gasteiger partial charge on any atom is -0.495 e. The van der Waals surface area contributed by atoms with E-state index in [1.54, 1.807) is 7.11 Å². The maximum absolute atomic E-state index is 5.41. The van der Waals surface area contributed by atoms with Crippen LogP contribution < -0.4 is 4.74 Å². The predicted octanol–water partition coefficient (Wildman–Crippen LogP) is 3.65. The highest BCUT2D eigenvalue weighted by molar-refractivity contribution is 5.68. The van der Waals surface area contributed by atoms with E-state index < -0.39 is 0 Å². The molecule has 0 aliphatic heterocycles. The van der Waals surface area contributed by atoms with Crippen molar-refractivity contribution in [3.8, 4) is 29.2 Å². The number of hydrogen-bond donors (Lipinski definition) is 0. The molecule has 0 aliphatic carbocycles. The molecular formula is C16H14O. The Hall–Kier alpha value is -2.20. The summed E-state index contributed by atoms with van der Waals surface area (Å²) in [5.74, 6) is 3.35. The van der Waals surface area contributed by atoms with Gasteiger partial charge in [-0.05, 0) is 30.2 Å². The van der Waals surface area contributed by atoms with Gasteiger partial charge in [-0.15, -0.1) is 6.42 Å². The van der Waals surface area contributed by atoms with E-state index in [-0.39, 0.29) is 0 Å². The van der Waals surface area contributed by atoms with E-state index in [1.165, 1.54) is 11.1 Å². The summed E-state index contributed by atoms with van der Waals surface area (Å²) in [7, 11) is 1.64. The number of methoxy groups -OCH3 is 1. The maximum Gasteiger partial charge on any atom is 0.135 e. The van der Waals surface area contributed by atoms with Gasteiger partial charge < -0.3 is 4.74 Å². The monoisotopic (exact) mass is 222 g/mol. The molecule has 0 saturated carbocycles. The second kappa shape index (κ2) is 4.76. The first-order valence-corrected chi connectivity index (χ1v) is 5.46. The highest BCUT2D eigenvalue weighted by atomic mass is 16.5. The smallest absolute Gasteiger partial charge is 0.135 e. The van der Waals surface area contributed by atoms with E-state index in [2.05, 4.69) is 31.0 Å². The molecule has 84 valence electrons. The Bertz CT molecular complexity index is 576. The largest absolute Gasteiger partial charge is 0.495 e. The molecule has 0 fully saturated rings. The minimum atomic E-state index is 0.742. The van der Waals surface area contributed by atoms with Crippen LogP contribution in [0.4, 0.5) is 0 Å². The van der Waals surface area contributed by atoms with Crippen molar-refractivity contribution in [2.45, 2.75) is 6.92 Å². The first kappa shape index (κ1) is 11.3. The van der Waals surface area contributed by atoms with Crippen LogP contribution in [-0.2, 0) is 0 Å². The fraction of sp³-hybridized carbons (Fsp3) is 0.125. The van der Waals surface area contributed by atoms with Gasteiger partial charge in [0.25, 0.3) is 0 Å². The summed E-state index contributed by atoms with van der Waals surface area (Å²) in [5, 5.41) is 0. The summed E-state index contributed by atoms with van der Waals surface area (Å²) in [6, 6.07) is 14.3. The lowest BCUT2D eigenvalue weighted by Gasteiger charge is -2.07. The topological polar surface area (TPSA) is 9.23 Å². The second-order valence-electron chi connectivity index (χ2n) is 3.93. The first-order chi connectivity index (χ1) is 8.24. The van der Waals surface area contributed by atoms with E-state index >= 15 is 0 Å². The Labute approximate surface area is 102 Å². The molecular weight excluding hydrogens is 208 g/mol. The highest BCUT2D eigenvalue weighted by Gasteiger charge is 2.04. The van der Waals surface area contributed by atoms with Crippen molar-refractivity contribution in [2.75, 3.05) is 7.11 Å². The van der Waals surface area contributed by atoms with Crippen LogP contribution in [-0.4, -0.2) is 7.11 Å². The Balaban J connectivity index is 2.51. The zero-order chi connectivity index (χ0) is 12.3. The highest BCUT2D eigenvalue weighted by Crippen LogP contribution is 2.27. The van der Waals surface area contributed by atoms with Crippen molar-refractivity contribution >= 4 is 0 Å². The van der Waals surface area contributed by atoms with Crippen LogP contribution in [0.25, 0.3) is 11.1 Å². The Morgan fingerprint density at radius 1 is 1.06 bits per heavy atom. The lowest BCUT2D eigenvalue weighted by Crippen LogP contribution is -1.89. The van der Waals surface area contributed by atoms with Crippen molar-refractivity contribution in [3.05, 3.63) is 53.6 Å². The first-order valence-electron chi connectivity index (χ1n) is 5.46. The zero-order valence-electron chi connectivity index (χ0n) is 10.0. The van der Waals surface area contributed by atoms with E-state index in [0.717, 1.165) is 16.9 Å². The van der Waals surface area contributed by atoms with Gasteiger partial charge in [-0.1, -0.05) is 41.8 Å². The van der Waals surface area contributed by atoms with Gasteiger partial charge in [0, 0.05) is 0 Å². The molecule has 0 aliphatic rings. The molecule has 0 radical (unpaired) electrons. The van der Waals surface area contributed by atoms with Crippen LogP contribution in [0.3, 0.4) is 0 Å². The summed E-state index contributed by atoms with van der Waals surface area (Å²) in [5.41, 5.74) is 4.31. The second-order valence-corrected chi connectivity index (χ2v) is 3.93. The van der Waals surface area contributed by atoms with Gasteiger partial charge >= 0.3 is 0 Å². The average Bonchev–Trinajstić information content (AvgIpc) is 2.38. The van der Waals surface area contributed by atoms with Crippen LogP contribution in [0.1, 0.15) is 11.1 Å². The molecule has 2 aromatic carbocycles. The molecule has 1 nitrogen and oxygen atoms in total. The van der Waals surface area contributed by atoms with E-state index in [0.29, 0.717) is 0 Å². The van der Waals surface area contributed by atoms with E-state index in [9.17, 15) is 0 Å². The third-order valence-electron chi connectivity index (χ3n) is 2.71. The number of aryl methyl sites for hydroxylation is 1. The normalized spacial score (nSPS) is 9.71. The van der Waals surface area contributed by atoms with Crippen LogP contribution in [0, 0.1) is 19.3 Å². The fourth-order valence-corrected chi connectivity index (χ4v) is 1.81. The third kappa shape index (κ3) is 2.32. The van der Waals surface area contributed by atoms with E-state index in [4.69, 9.17) is 11.2 Å². The number of benzene rings is 2. The zero-order valence-corrected chi connectivity index (χ0v) is 10.0. The van der Waals surface area contributed by atoms with Crippen molar-refractivity contribution < 1.29 is 4.74 Å². The fourth-order valence-electron chi connectivity index (χ4n) is 1.81. The van der Waals surface area contributed by atoms with Gasteiger partial charge in [-0.25, -0.2) is 0 Å². The van der Waals surface area contributed by atoms with Crippen molar-refractivity contribution in [1.82, 2.24) is 0 Å². The molecule has 2 rings (SSSR count). The Kier molecular flexibility index (Phi) is 3.16. The SMILES string of the molecule is C#Cc1ccc(-c2cccc(C)c2)cc1OC. The average molecular weight is 222 g/mol. The molecule has 0 saturated heterocycles. The molecule has 0 aromatic heterocycles. The van der Waals surface area contributed by atoms with Gasteiger partial charge in [0.05, 0.1) is 12.7 Å². The van der Waals surface area contributed by atoms with Crippen LogP contribution in [0.5, 0.6) is 5.75 Å². The summed E-state index contributed by atoms with van der Waals surface area (Å²) in [4.78, 5) is 0. The number of ether oxygens (including phenoxy) is 1. The van der Waals surface area contributed by atoms with Gasteiger partial charge in [0.15, 0.2) is 0 Å². The number of hydrogen-bond acceptors (Lipinski definition) is 1. The van der Waals surface area contributed by atoms with Gasteiger partial charge in [0.2, 0.25) is 0 Å². The van der Waals surface area contributed by atoms with E-state index in [1.807, 2.05) is 24.3 Å². The standard InChI is InChI=1S/C16H14O/c1-4-13-8-9-15(11-16(13)17-3)14-7-5-6-12(2)10-14/h1,5-11H,2-3H3. The molecule has 0 spiro atoms. The molecule has 17 heavy (non-hydrogen) atoms. The Morgan fingerprint density at radius 3 is 2.47 bits per heavy atom. The molecule has 0 unspecified atom stereocenters. The lowest BCUT2D eigenvalue weighted by molar-refractivity contribution is 0.414. The number of rotatable bonds is 2. The lowest BCUT2D eigenvalue weighted by atomic mass is 10.0. The Morgan fingerprint density at radius 2 is 1.82 bits per heavy atom. The van der Waals surface area contributed by atoms with Crippen molar-refractivity contribution in [3.63, 3.8) is 0 Å². The molecule has 0 atom stereocenters. The molecule has 2 aromatic rings. The van der Waals surface area contributed by atoms with Crippen molar-refractivity contribution in [1.29, 1.82) is 0 Å². The number of terminal acetylenes is 1. The molecule has 0 bridgehead atoms. The van der Waals surface area contributed by atoms with Gasteiger partial charge in [-0.2, -0.15) is 0 Å². The summed E-state index contributed by atoms with van der Waals surface area (Å²) in [6.45, 7) is 2.08. The third-order valence-corrected chi connectivity index (χ3v) is 2.71. The van der Waals surface area contributed by atoms with Crippen molar-refractivity contribution in [2.24, 2.45) is 0 Å². The summed E-state index contributed by atoms with van der Waals surface area (Å²) in [6.07, 6.45) is 5.41. The molecule has 0 amide bonds. The predicted molar refractivity (Wildman–Crippen MR) is 71.1 cm³/mol. The summed E-state index contributed by atoms with van der Waals surface area (Å²) < 4.78 is 5.29. The quantitative estimate of drug-likeness (QED) is 0.705. The molecule has 1 heteroatoms. The van der Waals surface area contributed by atoms with Crippen LogP contribution in [0.2, 0.25) is 0 Å².